The molecule has 0 aliphatic carbocycles. The summed E-state index contributed by atoms with van der Waals surface area (Å²) in [5, 5.41) is 12.7. The van der Waals surface area contributed by atoms with Crippen LogP contribution >= 0.6 is 0 Å². The molecule has 1 heterocycles. The molecule has 0 bridgehead atoms. The van der Waals surface area contributed by atoms with Crippen LogP contribution in [0, 0.1) is 5.39 Å². The van der Waals surface area contributed by atoms with E-state index in [2.05, 4.69) is 15.5 Å². The first-order valence-corrected chi connectivity index (χ1v) is 5.59. The Morgan fingerprint density at radius 1 is 1.47 bits per heavy atom. The lowest BCUT2D eigenvalue weighted by atomic mass is 10.2. The molecule has 0 saturated carbocycles. The molecule has 19 heavy (non-hydrogen) atoms. The number of rotatable bonds is 3. The van der Waals surface area contributed by atoms with Crippen LogP contribution in [0.4, 0.5) is 0 Å². The van der Waals surface area contributed by atoms with Crippen molar-refractivity contribution in [1.29, 1.82) is 5.39 Å². The van der Waals surface area contributed by atoms with Crippen molar-refractivity contribution in [3.8, 4) is 0 Å². The number of hydrogen-bond donors (Lipinski definition) is 1. The van der Waals surface area contributed by atoms with Gasteiger partial charge in [-0.2, -0.15) is 0 Å². The maximum Gasteiger partial charge on any atom is 0.529 e. The van der Waals surface area contributed by atoms with E-state index in [1.165, 1.54) is 0 Å². The van der Waals surface area contributed by atoms with Crippen LogP contribution in [0.5, 0.6) is 0 Å². The van der Waals surface area contributed by atoms with Gasteiger partial charge in [-0.05, 0) is 19.1 Å². The summed E-state index contributed by atoms with van der Waals surface area (Å²) in [6.07, 6.45) is 0. The quantitative estimate of drug-likeness (QED) is 0.505. The predicted octanol–water partition coefficient (Wildman–Crippen LogP) is 1.55. The highest BCUT2D eigenvalue weighted by Gasteiger charge is 2.35. The fourth-order valence-corrected chi connectivity index (χ4v) is 1.43. The number of ether oxygens (including phenoxy) is 2. The molecule has 1 aliphatic rings. The van der Waals surface area contributed by atoms with E-state index >= 15 is 0 Å². The minimum Gasteiger partial charge on any atom is -0.457 e. The monoisotopic (exact) mass is 259 g/mol. The molecule has 7 heteroatoms. The molecule has 0 radical (unpaired) electrons. The van der Waals surface area contributed by atoms with E-state index in [4.69, 9.17) is 14.9 Å². The van der Waals surface area contributed by atoms with Crippen LogP contribution in [0.15, 0.2) is 47.0 Å². The topological polar surface area (TPSA) is 88.1 Å². The normalized spacial score (nSPS) is 15.7. The highest BCUT2D eigenvalue weighted by molar-refractivity contribution is 5.97. The van der Waals surface area contributed by atoms with Crippen LogP contribution in [0.3, 0.4) is 0 Å². The number of carbonyl (C=O) groups is 1. The fraction of sp³-hybridized carbons (Fsp3) is 0.167. The predicted molar refractivity (Wildman–Crippen MR) is 65.9 cm³/mol. The Labute approximate surface area is 109 Å². The number of hydrogen-bond acceptors (Lipinski definition) is 6. The van der Waals surface area contributed by atoms with Gasteiger partial charge in [0.2, 0.25) is 11.3 Å². The van der Waals surface area contributed by atoms with Crippen molar-refractivity contribution in [3.05, 3.63) is 52.5 Å². The van der Waals surface area contributed by atoms with Crippen LogP contribution in [0.2, 0.25) is 0 Å². The molecule has 7 nitrogen and oxygen atoms in total. The van der Waals surface area contributed by atoms with Crippen molar-refractivity contribution in [2.75, 3.05) is 6.61 Å². The molecule has 2 rings (SSSR count). The van der Waals surface area contributed by atoms with Crippen LogP contribution in [0.25, 0.3) is 4.98 Å². The second-order valence-electron chi connectivity index (χ2n) is 3.50. The highest BCUT2D eigenvalue weighted by Crippen LogP contribution is 2.16. The number of nitrogens with one attached hydrogen (secondary N) is 1. The summed E-state index contributed by atoms with van der Waals surface area (Å²) in [6, 6.07) is 9.10. The minimum absolute atomic E-state index is 0.0696. The lowest BCUT2D eigenvalue weighted by Crippen LogP contribution is -2.13. The number of esters is 1. The first-order chi connectivity index (χ1) is 9.26. The molecule has 0 unspecified atom stereocenters. The molecular weight excluding hydrogens is 248 g/mol. The molecule has 1 aromatic carbocycles. The number of carbonyl (C=O) groups excluding carboxylic acids is 1. The van der Waals surface area contributed by atoms with E-state index in [0.29, 0.717) is 0 Å². The number of diazo groups is 1. The zero-order chi connectivity index (χ0) is 13.7. The standard InChI is InChI=1S/C12H10N4O3/c1-2-18-12(17)9(14-13)11-16-15-10(19-11)8-6-4-3-5-7-8/h3-7H,2H2,1H3/p+1. The van der Waals surface area contributed by atoms with Crippen LogP contribution in [0.1, 0.15) is 12.5 Å². The highest BCUT2D eigenvalue weighted by atomic mass is 16.5. The van der Waals surface area contributed by atoms with Crippen LogP contribution in [-0.4, -0.2) is 18.5 Å². The zero-order valence-corrected chi connectivity index (χ0v) is 10.2. The summed E-state index contributed by atoms with van der Waals surface area (Å²) in [5.41, 5.74) is 2.85. The Hall–Kier alpha value is -2.88. The van der Waals surface area contributed by atoms with Crippen molar-refractivity contribution < 1.29 is 14.3 Å². The molecule has 0 spiro atoms. The van der Waals surface area contributed by atoms with Gasteiger partial charge in [-0.15, -0.1) is 5.10 Å². The second kappa shape index (κ2) is 5.64. The van der Waals surface area contributed by atoms with E-state index in [9.17, 15) is 4.79 Å². The molecule has 0 fully saturated rings. The van der Waals surface area contributed by atoms with Gasteiger partial charge in [-0.3, -0.25) is 0 Å². The number of nitrogens with zero attached hydrogens (tertiary/aromatic N) is 3. The van der Waals surface area contributed by atoms with Crippen LogP contribution in [-0.2, 0) is 14.3 Å². The smallest absolute Gasteiger partial charge is 0.457 e. The van der Waals surface area contributed by atoms with Gasteiger partial charge >= 0.3 is 17.5 Å². The minimum atomic E-state index is -0.794. The molecule has 0 aromatic heterocycles. The molecule has 0 saturated heterocycles. The van der Waals surface area contributed by atoms with Gasteiger partial charge in [0.25, 0.3) is 0 Å². The van der Waals surface area contributed by atoms with Crippen molar-refractivity contribution in [2.24, 2.45) is 5.10 Å². The summed E-state index contributed by atoms with van der Waals surface area (Å²) in [6.45, 7) is 1.81. The Bertz CT molecular complexity index is 587. The molecule has 0 amide bonds. The molecule has 1 aliphatic heterocycles. The SMILES string of the molecule is CCOC(=O)C([N+]#N)=C1NN=C(c2ccccc2)O1. The van der Waals surface area contributed by atoms with Gasteiger partial charge in [0.05, 0.1) is 6.61 Å². The summed E-state index contributed by atoms with van der Waals surface area (Å²) in [7, 11) is 0. The van der Waals surface area contributed by atoms with Gasteiger partial charge < -0.3 is 9.47 Å². The number of hydrazone groups is 1. The fourth-order valence-electron chi connectivity index (χ4n) is 1.43. The number of benzene rings is 1. The van der Waals surface area contributed by atoms with Gasteiger partial charge in [0.15, 0.2) is 4.98 Å². The summed E-state index contributed by atoms with van der Waals surface area (Å²) >= 11 is 0. The molecule has 96 valence electrons. The van der Waals surface area contributed by atoms with Crippen molar-refractivity contribution >= 4 is 11.9 Å². The lowest BCUT2D eigenvalue weighted by Gasteiger charge is -1.99. The van der Waals surface area contributed by atoms with Gasteiger partial charge in [0, 0.05) is 5.56 Å². The van der Waals surface area contributed by atoms with Crippen molar-refractivity contribution in [2.45, 2.75) is 6.92 Å². The molecule has 1 N–H and O–H groups in total. The lowest BCUT2D eigenvalue weighted by molar-refractivity contribution is -0.138. The molecule has 1 aromatic rings. The van der Waals surface area contributed by atoms with Crippen LogP contribution < -0.4 is 5.43 Å². The second-order valence-corrected chi connectivity index (χ2v) is 3.50. The first-order valence-electron chi connectivity index (χ1n) is 5.59. The Balaban J connectivity index is 2.20. The Morgan fingerprint density at radius 3 is 2.84 bits per heavy atom. The summed E-state index contributed by atoms with van der Waals surface area (Å²) < 4.78 is 10.1. The zero-order valence-electron chi connectivity index (χ0n) is 10.2. The third kappa shape index (κ3) is 2.69. The van der Waals surface area contributed by atoms with E-state index in [1.54, 1.807) is 19.1 Å². The van der Waals surface area contributed by atoms with Gasteiger partial charge in [-0.1, -0.05) is 18.2 Å². The largest absolute Gasteiger partial charge is 0.529 e. The van der Waals surface area contributed by atoms with Gasteiger partial charge in [-0.25, -0.2) is 10.2 Å². The third-order valence-corrected chi connectivity index (χ3v) is 2.26. The van der Waals surface area contributed by atoms with E-state index in [0.717, 1.165) is 5.56 Å². The first kappa shape index (κ1) is 12.6. The maximum atomic E-state index is 11.5. The molecular formula is C12H11N4O3+. The van der Waals surface area contributed by atoms with Crippen molar-refractivity contribution in [1.82, 2.24) is 5.43 Å². The van der Waals surface area contributed by atoms with Crippen molar-refractivity contribution in [3.63, 3.8) is 0 Å². The Morgan fingerprint density at radius 2 is 2.21 bits per heavy atom. The summed E-state index contributed by atoms with van der Waals surface area (Å²) in [5.74, 6) is -0.585. The molecule has 0 atom stereocenters. The maximum absolute atomic E-state index is 11.5. The van der Waals surface area contributed by atoms with Gasteiger partial charge in [0.1, 0.15) is 0 Å². The average molecular weight is 259 g/mol. The average Bonchev–Trinajstić information content (AvgIpc) is 2.90. The Kier molecular flexibility index (Phi) is 3.73. The van der Waals surface area contributed by atoms with E-state index < -0.39 is 5.97 Å². The van der Waals surface area contributed by atoms with E-state index in [1.807, 2.05) is 18.2 Å². The third-order valence-electron chi connectivity index (χ3n) is 2.26. The summed E-state index contributed by atoms with van der Waals surface area (Å²) in [4.78, 5) is 14.4. The van der Waals surface area contributed by atoms with E-state index in [-0.39, 0.29) is 24.1 Å².